The average molecular weight is 223 g/mol. The lowest BCUT2D eigenvalue weighted by Crippen LogP contribution is -2.06. The van der Waals surface area contributed by atoms with Crippen molar-refractivity contribution in [2.24, 2.45) is 0 Å². The van der Waals surface area contributed by atoms with E-state index in [0.29, 0.717) is 5.69 Å². The Bertz CT molecular complexity index is 534. The predicted octanol–water partition coefficient (Wildman–Crippen LogP) is 1.80. The van der Waals surface area contributed by atoms with Crippen LogP contribution in [0.4, 0.5) is 0 Å². The number of aromatic hydroxyl groups is 1. The lowest BCUT2D eigenvalue weighted by Gasteiger charge is -2.01. The zero-order valence-electron chi connectivity index (χ0n) is 7.57. The SMILES string of the molecule is O=c1cc(Cl)c(-c2ccc(O)cc2)n[nH]1. The quantitative estimate of drug-likeness (QED) is 0.773. The van der Waals surface area contributed by atoms with Gasteiger partial charge in [0.1, 0.15) is 11.4 Å². The van der Waals surface area contributed by atoms with Crippen LogP contribution in [0.1, 0.15) is 0 Å². The van der Waals surface area contributed by atoms with Crippen LogP contribution in [0, 0.1) is 0 Å². The van der Waals surface area contributed by atoms with Gasteiger partial charge >= 0.3 is 0 Å². The number of aromatic amines is 1. The summed E-state index contributed by atoms with van der Waals surface area (Å²) in [7, 11) is 0. The first-order valence-electron chi connectivity index (χ1n) is 4.21. The minimum absolute atomic E-state index is 0.166. The molecule has 76 valence electrons. The fraction of sp³-hybridized carbons (Fsp3) is 0. The molecule has 0 bridgehead atoms. The Labute approximate surface area is 90.2 Å². The molecule has 0 aliphatic carbocycles. The molecule has 1 heterocycles. The van der Waals surface area contributed by atoms with Gasteiger partial charge in [-0.15, -0.1) is 0 Å². The number of nitrogens with zero attached hydrogens (tertiary/aromatic N) is 1. The highest BCUT2D eigenvalue weighted by molar-refractivity contribution is 6.32. The van der Waals surface area contributed by atoms with Crippen LogP contribution in [-0.4, -0.2) is 15.3 Å². The number of halogens is 1. The zero-order chi connectivity index (χ0) is 10.8. The third-order valence-corrected chi connectivity index (χ3v) is 2.19. The topological polar surface area (TPSA) is 66.0 Å². The molecule has 0 atom stereocenters. The van der Waals surface area contributed by atoms with Crippen LogP contribution in [0.2, 0.25) is 5.02 Å². The summed E-state index contributed by atoms with van der Waals surface area (Å²) in [6, 6.07) is 7.65. The van der Waals surface area contributed by atoms with Gasteiger partial charge < -0.3 is 5.11 Å². The second kappa shape index (κ2) is 3.74. The molecular weight excluding hydrogens is 216 g/mol. The zero-order valence-corrected chi connectivity index (χ0v) is 8.32. The molecule has 2 rings (SSSR count). The van der Waals surface area contributed by atoms with Crippen molar-refractivity contribution in [3.05, 3.63) is 45.7 Å². The van der Waals surface area contributed by atoms with E-state index in [1.165, 1.54) is 18.2 Å². The molecule has 0 fully saturated rings. The van der Waals surface area contributed by atoms with E-state index in [-0.39, 0.29) is 16.3 Å². The molecular formula is C10H7ClN2O2. The lowest BCUT2D eigenvalue weighted by molar-refractivity contribution is 0.475. The number of benzene rings is 1. The summed E-state index contributed by atoms with van der Waals surface area (Å²) in [5, 5.41) is 15.5. The number of hydrogen-bond acceptors (Lipinski definition) is 3. The first-order valence-corrected chi connectivity index (χ1v) is 4.59. The number of rotatable bonds is 1. The number of H-pyrrole nitrogens is 1. The molecule has 0 unspecified atom stereocenters. The van der Waals surface area contributed by atoms with Crippen molar-refractivity contribution in [3.63, 3.8) is 0 Å². The summed E-state index contributed by atoms with van der Waals surface area (Å²) >= 11 is 5.86. The summed E-state index contributed by atoms with van der Waals surface area (Å²) in [6.07, 6.45) is 0. The van der Waals surface area contributed by atoms with E-state index < -0.39 is 0 Å². The van der Waals surface area contributed by atoms with Crippen LogP contribution in [0.15, 0.2) is 35.1 Å². The van der Waals surface area contributed by atoms with Gasteiger partial charge in [0.2, 0.25) is 0 Å². The van der Waals surface area contributed by atoms with E-state index in [1.807, 2.05) is 0 Å². The Hall–Kier alpha value is -1.81. The van der Waals surface area contributed by atoms with E-state index in [4.69, 9.17) is 16.7 Å². The van der Waals surface area contributed by atoms with Crippen molar-refractivity contribution in [1.82, 2.24) is 10.2 Å². The predicted molar refractivity (Wildman–Crippen MR) is 57.0 cm³/mol. The molecule has 2 N–H and O–H groups in total. The molecule has 0 radical (unpaired) electrons. The number of phenols is 1. The molecule has 0 saturated heterocycles. The Kier molecular flexibility index (Phi) is 2.43. The van der Waals surface area contributed by atoms with Gasteiger partial charge in [0, 0.05) is 11.6 Å². The number of aromatic nitrogens is 2. The van der Waals surface area contributed by atoms with Crippen molar-refractivity contribution in [3.8, 4) is 17.0 Å². The molecule has 5 heteroatoms. The van der Waals surface area contributed by atoms with Crippen LogP contribution in [0.3, 0.4) is 0 Å². The van der Waals surface area contributed by atoms with Crippen LogP contribution in [-0.2, 0) is 0 Å². The van der Waals surface area contributed by atoms with Gasteiger partial charge in [-0.3, -0.25) is 4.79 Å². The van der Waals surface area contributed by atoms with Gasteiger partial charge in [0.25, 0.3) is 5.56 Å². The van der Waals surface area contributed by atoms with Crippen molar-refractivity contribution in [2.75, 3.05) is 0 Å². The third-order valence-electron chi connectivity index (χ3n) is 1.90. The highest BCUT2D eigenvalue weighted by atomic mass is 35.5. The summed E-state index contributed by atoms with van der Waals surface area (Å²) in [5.74, 6) is 0.166. The first kappa shape index (κ1) is 9.73. The Morgan fingerprint density at radius 2 is 1.93 bits per heavy atom. The second-order valence-corrected chi connectivity index (χ2v) is 3.38. The molecule has 0 amide bonds. The maximum atomic E-state index is 10.9. The highest BCUT2D eigenvalue weighted by Crippen LogP contribution is 2.24. The van der Waals surface area contributed by atoms with E-state index in [0.717, 1.165) is 5.56 Å². The van der Waals surface area contributed by atoms with Gasteiger partial charge in [0.05, 0.1) is 5.02 Å². The molecule has 0 aliphatic rings. The number of phenolic OH excluding ortho intramolecular Hbond substituents is 1. The van der Waals surface area contributed by atoms with E-state index in [1.54, 1.807) is 12.1 Å². The Morgan fingerprint density at radius 1 is 1.27 bits per heavy atom. The van der Waals surface area contributed by atoms with E-state index in [9.17, 15) is 4.79 Å². The largest absolute Gasteiger partial charge is 0.508 e. The van der Waals surface area contributed by atoms with Gasteiger partial charge in [-0.1, -0.05) is 11.6 Å². The summed E-state index contributed by atoms with van der Waals surface area (Å²) in [5.41, 5.74) is 0.868. The van der Waals surface area contributed by atoms with Crippen LogP contribution >= 0.6 is 11.6 Å². The van der Waals surface area contributed by atoms with Gasteiger partial charge in [-0.25, -0.2) is 5.10 Å². The Balaban J connectivity index is 2.54. The first-order chi connectivity index (χ1) is 7.16. The number of nitrogens with one attached hydrogen (secondary N) is 1. The lowest BCUT2D eigenvalue weighted by atomic mass is 10.1. The van der Waals surface area contributed by atoms with Crippen molar-refractivity contribution in [1.29, 1.82) is 0 Å². The molecule has 4 nitrogen and oxygen atoms in total. The minimum atomic E-state index is -0.345. The van der Waals surface area contributed by atoms with Crippen LogP contribution in [0.5, 0.6) is 5.75 Å². The van der Waals surface area contributed by atoms with E-state index >= 15 is 0 Å². The Morgan fingerprint density at radius 3 is 2.53 bits per heavy atom. The molecule has 15 heavy (non-hydrogen) atoms. The van der Waals surface area contributed by atoms with Crippen molar-refractivity contribution < 1.29 is 5.11 Å². The normalized spacial score (nSPS) is 10.2. The molecule has 0 aliphatic heterocycles. The highest BCUT2D eigenvalue weighted by Gasteiger charge is 2.05. The summed E-state index contributed by atoms with van der Waals surface area (Å²) < 4.78 is 0. The molecule has 2 aromatic rings. The van der Waals surface area contributed by atoms with Crippen molar-refractivity contribution in [2.45, 2.75) is 0 Å². The van der Waals surface area contributed by atoms with Crippen LogP contribution < -0.4 is 5.56 Å². The maximum Gasteiger partial charge on any atom is 0.265 e. The standard InChI is InChI=1S/C10H7ClN2O2/c11-8-5-9(15)12-13-10(8)6-1-3-7(14)4-2-6/h1-5,14H,(H,12,15). The molecule has 0 saturated carbocycles. The van der Waals surface area contributed by atoms with Gasteiger partial charge in [-0.05, 0) is 24.3 Å². The van der Waals surface area contributed by atoms with Crippen molar-refractivity contribution >= 4 is 11.6 Å². The van der Waals surface area contributed by atoms with Gasteiger partial charge in [0.15, 0.2) is 0 Å². The fourth-order valence-electron chi connectivity index (χ4n) is 1.20. The van der Waals surface area contributed by atoms with Crippen LogP contribution in [0.25, 0.3) is 11.3 Å². The third kappa shape index (κ3) is 1.99. The summed E-state index contributed by atoms with van der Waals surface area (Å²) in [4.78, 5) is 10.9. The smallest absolute Gasteiger partial charge is 0.265 e. The maximum absolute atomic E-state index is 10.9. The number of hydrogen-bond donors (Lipinski definition) is 2. The molecule has 1 aromatic heterocycles. The monoisotopic (exact) mass is 222 g/mol. The van der Waals surface area contributed by atoms with Gasteiger partial charge in [-0.2, -0.15) is 5.10 Å². The second-order valence-electron chi connectivity index (χ2n) is 2.98. The molecule has 0 spiro atoms. The van der Waals surface area contributed by atoms with E-state index in [2.05, 4.69) is 10.2 Å². The average Bonchev–Trinajstić information content (AvgIpc) is 2.20. The summed E-state index contributed by atoms with van der Waals surface area (Å²) in [6.45, 7) is 0. The minimum Gasteiger partial charge on any atom is -0.508 e. The molecule has 1 aromatic carbocycles. The fourth-order valence-corrected chi connectivity index (χ4v) is 1.45.